The Bertz CT molecular complexity index is 1510. The Morgan fingerprint density at radius 3 is 2.32 bits per heavy atom. The number of anilines is 4. The standard InChI is InChI=1S/C19H20ClN5O10S3/c1-11-8-14(16(38(30,31)32)10-15(11)37(27,28)29)22-19-24-17(20)23-18(25-19)21-13-6-2-4-12(9-13)5-3-7-33-36-35-34-26/h2,4,6,8-10,26H,3,5,7H2,1H3,(H,27,28,29)(H,30,31,32)(H2,21,22,23,24,25). The van der Waals surface area contributed by atoms with Crippen molar-refractivity contribution in [1.29, 1.82) is 0 Å². The summed E-state index contributed by atoms with van der Waals surface area (Å²) in [5.74, 6) is -0.235. The Hall–Kier alpha value is -2.65. The normalized spacial score (nSPS) is 11.9. The van der Waals surface area contributed by atoms with Crippen LogP contribution in [0.5, 0.6) is 0 Å². The summed E-state index contributed by atoms with van der Waals surface area (Å²) < 4.78 is 75.0. The maximum atomic E-state index is 11.9. The zero-order chi connectivity index (χ0) is 27.9. The van der Waals surface area contributed by atoms with Crippen molar-refractivity contribution >= 4 is 67.4 Å². The van der Waals surface area contributed by atoms with E-state index in [1.807, 2.05) is 12.1 Å². The van der Waals surface area contributed by atoms with Crippen molar-refractivity contribution in [3.63, 3.8) is 0 Å². The predicted octanol–water partition coefficient (Wildman–Crippen LogP) is 3.75. The molecule has 206 valence electrons. The van der Waals surface area contributed by atoms with E-state index in [0.29, 0.717) is 43.5 Å². The highest BCUT2D eigenvalue weighted by Gasteiger charge is 2.24. The van der Waals surface area contributed by atoms with Gasteiger partial charge in [-0.2, -0.15) is 31.8 Å². The number of halogens is 1. The first kappa shape index (κ1) is 29.9. The van der Waals surface area contributed by atoms with E-state index >= 15 is 0 Å². The summed E-state index contributed by atoms with van der Waals surface area (Å²) in [6, 6.07) is 8.91. The van der Waals surface area contributed by atoms with Crippen LogP contribution in [0, 0.1) is 6.92 Å². The zero-order valence-corrected chi connectivity index (χ0v) is 22.4. The van der Waals surface area contributed by atoms with Gasteiger partial charge in [0.2, 0.25) is 17.2 Å². The van der Waals surface area contributed by atoms with Crippen LogP contribution in [0.2, 0.25) is 5.28 Å². The summed E-state index contributed by atoms with van der Waals surface area (Å²) >= 11 is 6.50. The molecule has 3 aromatic rings. The topological polar surface area (TPSA) is 219 Å². The highest BCUT2D eigenvalue weighted by atomic mass is 35.5. The Morgan fingerprint density at radius 1 is 0.974 bits per heavy atom. The van der Waals surface area contributed by atoms with Crippen molar-refractivity contribution in [2.24, 2.45) is 0 Å². The number of rotatable bonds is 13. The second-order valence-electron chi connectivity index (χ2n) is 7.40. The number of hydrogen-bond acceptors (Lipinski definition) is 14. The molecule has 19 heteroatoms. The summed E-state index contributed by atoms with van der Waals surface area (Å²) in [6.45, 7) is 1.63. The SMILES string of the molecule is Cc1cc(Nc2nc(Cl)nc(Nc3cccc(CCCOSOOO)c3)n2)c(S(=O)(=O)O)cc1S(=O)(=O)O. The first-order valence-corrected chi connectivity index (χ1v) is 14.2. The minimum atomic E-state index is -4.93. The molecule has 0 saturated heterocycles. The van der Waals surface area contributed by atoms with Crippen molar-refractivity contribution in [2.75, 3.05) is 17.2 Å². The van der Waals surface area contributed by atoms with Gasteiger partial charge in [0, 0.05) is 5.69 Å². The number of nitrogens with one attached hydrogen (secondary N) is 2. The molecule has 0 bridgehead atoms. The van der Waals surface area contributed by atoms with Crippen molar-refractivity contribution in [1.82, 2.24) is 15.0 Å². The van der Waals surface area contributed by atoms with Crippen LogP contribution in [-0.4, -0.2) is 52.8 Å². The summed E-state index contributed by atoms with van der Waals surface area (Å²) in [5, 5.41) is 16.7. The van der Waals surface area contributed by atoms with Crippen molar-refractivity contribution in [3.8, 4) is 0 Å². The molecule has 0 spiro atoms. The average Bonchev–Trinajstić information content (AvgIpc) is 2.79. The van der Waals surface area contributed by atoms with Crippen LogP contribution < -0.4 is 10.6 Å². The molecule has 0 atom stereocenters. The summed E-state index contributed by atoms with van der Waals surface area (Å²) in [7, 11) is -9.71. The maximum Gasteiger partial charge on any atom is 0.296 e. The van der Waals surface area contributed by atoms with Gasteiger partial charge in [0.1, 0.15) is 4.90 Å². The number of aryl methyl sites for hydroxylation is 2. The molecular formula is C19H20ClN5O10S3. The first-order valence-electron chi connectivity index (χ1n) is 10.3. The van der Waals surface area contributed by atoms with Crippen LogP contribution in [0.25, 0.3) is 0 Å². The van der Waals surface area contributed by atoms with E-state index < -0.39 is 30.0 Å². The van der Waals surface area contributed by atoms with Crippen LogP contribution in [-0.2, 0) is 40.2 Å². The molecule has 38 heavy (non-hydrogen) atoms. The lowest BCUT2D eigenvalue weighted by Gasteiger charge is -2.13. The van der Waals surface area contributed by atoms with E-state index in [1.165, 1.54) is 6.92 Å². The molecule has 2 aromatic carbocycles. The second kappa shape index (κ2) is 12.9. The molecule has 0 saturated carbocycles. The smallest absolute Gasteiger partial charge is 0.296 e. The fourth-order valence-electron chi connectivity index (χ4n) is 3.18. The zero-order valence-electron chi connectivity index (χ0n) is 19.2. The van der Waals surface area contributed by atoms with Gasteiger partial charge in [0.15, 0.2) is 12.3 Å². The molecule has 1 heterocycles. The fraction of sp³-hybridized carbons (Fsp3) is 0.211. The van der Waals surface area contributed by atoms with Gasteiger partial charge in [-0.1, -0.05) is 17.2 Å². The molecule has 1 aromatic heterocycles. The van der Waals surface area contributed by atoms with Crippen molar-refractivity contribution < 1.29 is 44.8 Å². The third-order valence-electron chi connectivity index (χ3n) is 4.67. The summed E-state index contributed by atoms with van der Waals surface area (Å²) in [6.07, 6.45) is 1.26. The van der Waals surface area contributed by atoms with Gasteiger partial charge >= 0.3 is 0 Å². The molecule has 0 aliphatic rings. The fourth-order valence-corrected chi connectivity index (χ4v) is 5.05. The van der Waals surface area contributed by atoms with Crippen LogP contribution in [0.4, 0.5) is 23.3 Å². The summed E-state index contributed by atoms with van der Waals surface area (Å²) in [4.78, 5) is 10.5. The van der Waals surface area contributed by atoms with E-state index in [4.69, 9.17) is 21.0 Å². The lowest BCUT2D eigenvalue weighted by Crippen LogP contribution is -2.10. The van der Waals surface area contributed by atoms with E-state index in [-0.39, 0.29) is 28.4 Å². The van der Waals surface area contributed by atoms with Crippen LogP contribution in [0.3, 0.4) is 0 Å². The molecular weight excluding hydrogens is 590 g/mol. The van der Waals surface area contributed by atoms with Crippen LogP contribution in [0.15, 0.2) is 46.2 Å². The van der Waals surface area contributed by atoms with Gasteiger partial charge in [-0.3, -0.25) is 13.3 Å². The van der Waals surface area contributed by atoms with Gasteiger partial charge in [-0.25, -0.2) is 5.26 Å². The minimum Gasteiger partial charge on any atom is -0.324 e. The molecule has 0 fully saturated rings. The van der Waals surface area contributed by atoms with Gasteiger partial charge in [-0.05, 0) is 66.8 Å². The Labute approximate surface area is 226 Å². The number of aromatic nitrogens is 3. The Kier molecular flexibility index (Phi) is 10.2. The predicted molar refractivity (Wildman–Crippen MR) is 135 cm³/mol. The minimum absolute atomic E-state index is 0.00906. The molecule has 15 nitrogen and oxygen atoms in total. The Morgan fingerprint density at radius 2 is 1.66 bits per heavy atom. The number of benzene rings is 2. The largest absolute Gasteiger partial charge is 0.324 e. The molecule has 3 rings (SSSR count). The molecule has 0 radical (unpaired) electrons. The maximum absolute atomic E-state index is 11.9. The van der Waals surface area contributed by atoms with Gasteiger partial charge in [-0.15, -0.1) is 4.33 Å². The van der Waals surface area contributed by atoms with E-state index in [2.05, 4.69) is 35.0 Å². The van der Waals surface area contributed by atoms with Gasteiger partial charge < -0.3 is 10.6 Å². The molecule has 0 aliphatic carbocycles. The number of nitrogens with zero attached hydrogens (tertiary/aromatic N) is 3. The van der Waals surface area contributed by atoms with E-state index in [0.717, 1.165) is 11.6 Å². The monoisotopic (exact) mass is 609 g/mol. The van der Waals surface area contributed by atoms with Crippen LogP contribution >= 0.6 is 23.9 Å². The Balaban J connectivity index is 1.81. The second-order valence-corrected chi connectivity index (χ2v) is 11.0. The lowest BCUT2D eigenvalue weighted by atomic mass is 10.1. The molecule has 0 amide bonds. The van der Waals surface area contributed by atoms with Gasteiger partial charge in [0.05, 0.1) is 17.2 Å². The number of hydrogen-bond donors (Lipinski definition) is 5. The highest BCUT2D eigenvalue weighted by molar-refractivity contribution is 7.89. The van der Waals surface area contributed by atoms with Crippen molar-refractivity contribution in [3.05, 3.63) is 52.8 Å². The van der Waals surface area contributed by atoms with Gasteiger partial charge in [0.25, 0.3) is 20.2 Å². The van der Waals surface area contributed by atoms with E-state index in [9.17, 15) is 25.9 Å². The summed E-state index contributed by atoms with van der Waals surface area (Å²) in [5.41, 5.74) is 1.24. The quantitative estimate of drug-likeness (QED) is 0.0612. The first-order chi connectivity index (χ1) is 17.9. The highest BCUT2D eigenvalue weighted by Crippen LogP contribution is 2.30. The lowest BCUT2D eigenvalue weighted by molar-refractivity contribution is -0.434. The average molecular weight is 610 g/mol. The molecule has 5 N–H and O–H groups in total. The third-order valence-corrected chi connectivity index (χ3v) is 7.11. The van der Waals surface area contributed by atoms with Crippen LogP contribution in [0.1, 0.15) is 17.5 Å². The molecule has 0 unspecified atom stereocenters. The van der Waals surface area contributed by atoms with E-state index in [1.54, 1.807) is 12.1 Å². The van der Waals surface area contributed by atoms with Crippen molar-refractivity contribution in [2.45, 2.75) is 29.6 Å². The third kappa shape index (κ3) is 8.70. The molecule has 0 aliphatic heterocycles.